The molecule has 5 heteroatoms. The topological polar surface area (TPSA) is 29.9 Å². The number of aromatic nitrogens is 2. The lowest BCUT2D eigenvalue weighted by atomic mass is 10.2. The molecule has 1 aromatic heterocycles. The molecular weight excluding hydrogens is 269 g/mol. The Morgan fingerprint density at radius 3 is 2.67 bits per heavy atom. The number of halogens is 2. The number of nitrogens with zero attached hydrogens (tertiary/aromatic N) is 2. The van der Waals surface area contributed by atoms with E-state index in [2.05, 4.69) is 24.3 Å². The van der Waals surface area contributed by atoms with Gasteiger partial charge in [0.15, 0.2) is 0 Å². The van der Waals surface area contributed by atoms with E-state index < -0.39 is 0 Å². The Morgan fingerprint density at radius 2 is 2.06 bits per heavy atom. The molecule has 0 saturated carbocycles. The first-order valence-electron chi connectivity index (χ1n) is 5.78. The van der Waals surface area contributed by atoms with Crippen molar-refractivity contribution in [2.75, 3.05) is 5.32 Å². The van der Waals surface area contributed by atoms with E-state index in [1.54, 1.807) is 6.07 Å². The summed E-state index contributed by atoms with van der Waals surface area (Å²) in [5.41, 5.74) is 2.08. The molecule has 0 fully saturated rings. The van der Waals surface area contributed by atoms with Crippen LogP contribution in [0.4, 0.5) is 5.69 Å². The lowest BCUT2D eigenvalue weighted by Crippen LogP contribution is -2.01. The van der Waals surface area contributed by atoms with Gasteiger partial charge in [-0.1, -0.05) is 29.3 Å². The van der Waals surface area contributed by atoms with Crippen LogP contribution in [0.5, 0.6) is 0 Å². The van der Waals surface area contributed by atoms with Crippen LogP contribution < -0.4 is 5.32 Å². The molecule has 2 aromatic rings. The first-order chi connectivity index (χ1) is 8.56. The van der Waals surface area contributed by atoms with Crippen LogP contribution in [-0.4, -0.2) is 9.78 Å². The second-order valence-electron chi connectivity index (χ2n) is 4.40. The zero-order chi connectivity index (χ0) is 13.1. The summed E-state index contributed by atoms with van der Waals surface area (Å²) in [6.07, 6.45) is 3.81. The van der Waals surface area contributed by atoms with Crippen LogP contribution in [0.15, 0.2) is 30.6 Å². The monoisotopic (exact) mass is 283 g/mol. The summed E-state index contributed by atoms with van der Waals surface area (Å²) in [6, 6.07) is 5.99. The molecule has 1 N–H and O–H groups in total. The third-order valence-corrected chi connectivity index (χ3v) is 3.35. The molecule has 0 amide bonds. The Balaban J connectivity index is 2.00. The number of rotatable bonds is 4. The van der Waals surface area contributed by atoms with Crippen LogP contribution in [0.2, 0.25) is 10.0 Å². The van der Waals surface area contributed by atoms with Gasteiger partial charge in [0.25, 0.3) is 0 Å². The molecule has 0 aliphatic rings. The number of nitrogens with one attached hydrogen (secondary N) is 1. The van der Waals surface area contributed by atoms with E-state index in [1.807, 2.05) is 29.2 Å². The molecule has 0 aliphatic heterocycles. The lowest BCUT2D eigenvalue weighted by Gasteiger charge is -2.06. The molecule has 0 bridgehead atoms. The number of benzene rings is 1. The maximum Gasteiger partial charge on any atom is 0.0729 e. The quantitative estimate of drug-likeness (QED) is 0.902. The molecule has 0 aliphatic carbocycles. The smallest absolute Gasteiger partial charge is 0.0729 e. The third kappa shape index (κ3) is 3.18. The largest absolute Gasteiger partial charge is 0.378 e. The predicted octanol–water partition coefficient (Wildman–Crippen LogP) is 4.38. The van der Waals surface area contributed by atoms with E-state index in [0.717, 1.165) is 11.3 Å². The molecule has 18 heavy (non-hydrogen) atoms. The Kier molecular flexibility index (Phi) is 4.15. The zero-order valence-electron chi connectivity index (χ0n) is 10.3. The van der Waals surface area contributed by atoms with Gasteiger partial charge in [0.1, 0.15) is 0 Å². The standard InChI is InChI=1S/C13H15Cl2N3/c1-9(2)18-8-11(7-17-18)16-6-10-3-4-12(14)13(15)5-10/h3-5,7-9,16H,6H2,1-2H3. The number of anilines is 1. The van der Waals surface area contributed by atoms with E-state index >= 15 is 0 Å². The highest BCUT2D eigenvalue weighted by molar-refractivity contribution is 6.42. The zero-order valence-corrected chi connectivity index (χ0v) is 11.8. The first-order valence-corrected chi connectivity index (χ1v) is 6.54. The van der Waals surface area contributed by atoms with E-state index in [-0.39, 0.29) is 0 Å². The summed E-state index contributed by atoms with van der Waals surface area (Å²) in [6.45, 7) is 4.88. The Labute approximate surface area is 117 Å². The van der Waals surface area contributed by atoms with Crippen molar-refractivity contribution in [1.29, 1.82) is 0 Å². The molecular formula is C13H15Cl2N3. The highest BCUT2D eigenvalue weighted by atomic mass is 35.5. The fourth-order valence-electron chi connectivity index (χ4n) is 1.57. The van der Waals surface area contributed by atoms with Gasteiger partial charge in [-0.25, -0.2) is 0 Å². The van der Waals surface area contributed by atoms with Gasteiger partial charge in [-0.15, -0.1) is 0 Å². The van der Waals surface area contributed by atoms with Gasteiger partial charge < -0.3 is 5.32 Å². The normalized spacial score (nSPS) is 10.9. The van der Waals surface area contributed by atoms with Gasteiger partial charge >= 0.3 is 0 Å². The highest BCUT2D eigenvalue weighted by Crippen LogP contribution is 2.23. The molecule has 1 aromatic carbocycles. The predicted molar refractivity (Wildman–Crippen MR) is 76.4 cm³/mol. The van der Waals surface area contributed by atoms with Gasteiger partial charge in [-0.2, -0.15) is 5.10 Å². The molecule has 96 valence electrons. The van der Waals surface area contributed by atoms with Gasteiger partial charge in [0.05, 0.1) is 21.9 Å². The van der Waals surface area contributed by atoms with Crippen molar-refractivity contribution in [2.24, 2.45) is 0 Å². The van der Waals surface area contributed by atoms with Crippen LogP contribution >= 0.6 is 23.2 Å². The maximum atomic E-state index is 5.97. The van der Waals surface area contributed by atoms with Crippen LogP contribution in [0, 0.1) is 0 Å². The van der Waals surface area contributed by atoms with E-state index in [1.165, 1.54) is 0 Å². The fourth-order valence-corrected chi connectivity index (χ4v) is 1.89. The molecule has 0 spiro atoms. The second-order valence-corrected chi connectivity index (χ2v) is 5.22. The molecule has 0 radical (unpaired) electrons. The van der Waals surface area contributed by atoms with Crippen molar-refractivity contribution in [1.82, 2.24) is 9.78 Å². The lowest BCUT2D eigenvalue weighted by molar-refractivity contribution is 0.532. The Hall–Kier alpha value is -1.19. The molecule has 3 nitrogen and oxygen atoms in total. The fraction of sp³-hybridized carbons (Fsp3) is 0.308. The molecule has 0 unspecified atom stereocenters. The summed E-state index contributed by atoms with van der Waals surface area (Å²) >= 11 is 11.8. The average Bonchev–Trinajstić information content (AvgIpc) is 2.79. The van der Waals surface area contributed by atoms with Gasteiger partial charge in [0.2, 0.25) is 0 Å². The summed E-state index contributed by atoms with van der Waals surface area (Å²) in [5, 5.41) is 8.72. The van der Waals surface area contributed by atoms with E-state index in [4.69, 9.17) is 23.2 Å². The van der Waals surface area contributed by atoms with Gasteiger partial charge in [-0.05, 0) is 31.5 Å². The van der Waals surface area contributed by atoms with Crippen molar-refractivity contribution >= 4 is 28.9 Å². The van der Waals surface area contributed by atoms with Crippen molar-refractivity contribution in [3.63, 3.8) is 0 Å². The first kappa shape index (κ1) is 13.2. The summed E-state index contributed by atoms with van der Waals surface area (Å²) in [5.74, 6) is 0. The van der Waals surface area contributed by atoms with E-state index in [0.29, 0.717) is 22.6 Å². The molecule has 1 heterocycles. The Morgan fingerprint density at radius 1 is 1.28 bits per heavy atom. The van der Waals surface area contributed by atoms with Crippen LogP contribution in [0.25, 0.3) is 0 Å². The van der Waals surface area contributed by atoms with E-state index in [9.17, 15) is 0 Å². The van der Waals surface area contributed by atoms with Crippen molar-refractivity contribution in [3.8, 4) is 0 Å². The molecule has 0 saturated heterocycles. The third-order valence-electron chi connectivity index (χ3n) is 2.61. The SMILES string of the molecule is CC(C)n1cc(NCc2ccc(Cl)c(Cl)c2)cn1. The van der Waals surface area contributed by atoms with Crippen molar-refractivity contribution < 1.29 is 0 Å². The number of hydrogen-bond donors (Lipinski definition) is 1. The van der Waals surface area contributed by atoms with Gasteiger partial charge in [-0.3, -0.25) is 4.68 Å². The van der Waals surface area contributed by atoms with Gasteiger partial charge in [0, 0.05) is 18.8 Å². The Bertz CT molecular complexity index is 535. The molecule has 0 atom stereocenters. The summed E-state index contributed by atoms with van der Waals surface area (Å²) < 4.78 is 1.91. The maximum absolute atomic E-state index is 5.97. The minimum Gasteiger partial charge on any atom is -0.378 e. The number of hydrogen-bond acceptors (Lipinski definition) is 2. The highest BCUT2D eigenvalue weighted by Gasteiger charge is 2.02. The second kappa shape index (κ2) is 5.63. The summed E-state index contributed by atoms with van der Waals surface area (Å²) in [4.78, 5) is 0. The van der Waals surface area contributed by atoms with Crippen LogP contribution in [-0.2, 0) is 6.54 Å². The van der Waals surface area contributed by atoms with Crippen LogP contribution in [0.1, 0.15) is 25.5 Å². The van der Waals surface area contributed by atoms with Crippen LogP contribution in [0.3, 0.4) is 0 Å². The minimum absolute atomic E-state index is 0.366. The van der Waals surface area contributed by atoms with Crippen molar-refractivity contribution in [2.45, 2.75) is 26.4 Å². The average molecular weight is 284 g/mol. The molecule has 2 rings (SSSR count). The minimum atomic E-state index is 0.366. The van der Waals surface area contributed by atoms with Crippen molar-refractivity contribution in [3.05, 3.63) is 46.2 Å². The summed E-state index contributed by atoms with van der Waals surface area (Å²) in [7, 11) is 0.